The molecule has 0 N–H and O–H groups in total. The van der Waals surface area contributed by atoms with Gasteiger partial charge in [-0.05, 0) is 25.7 Å². The Labute approximate surface area is 121 Å². The monoisotopic (exact) mass is 285 g/mol. The first-order valence-electron chi connectivity index (χ1n) is 7.34. The highest BCUT2D eigenvalue weighted by Crippen LogP contribution is 2.29. The van der Waals surface area contributed by atoms with Crippen LogP contribution in [-0.4, -0.2) is 49.2 Å². The molecule has 0 saturated carbocycles. The van der Waals surface area contributed by atoms with Crippen LogP contribution in [0.15, 0.2) is 0 Å². The molecule has 0 bridgehead atoms. The lowest BCUT2D eigenvalue weighted by Gasteiger charge is -2.32. The fourth-order valence-electron chi connectivity index (χ4n) is 2.43. The molecule has 0 aromatic heterocycles. The van der Waals surface area contributed by atoms with Crippen LogP contribution in [0.1, 0.15) is 41.0 Å². The maximum atomic E-state index is 12.7. The summed E-state index contributed by atoms with van der Waals surface area (Å²) in [6.07, 6.45) is 0.805. The molecule has 0 aliphatic carbocycles. The summed E-state index contributed by atoms with van der Waals surface area (Å²) in [4.78, 5) is 26.6. The summed E-state index contributed by atoms with van der Waals surface area (Å²) in [5.74, 6) is -1.33. The molecule has 5 nitrogen and oxygen atoms in total. The highest BCUT2D eigenvalue weighted by Gasteiger charge is 2.41. The van der Waals surface area contributed by atoms with Crippen molar-refractivity contribution in [3.63, 3.8) is 0 Å². The lowest BCUT2D eigenvalue weighted by Crippen LogP contribution is -2.47. The van der Waals surface area contributed by atoms with Crippen molar-refractivity contribution in [2.75, 3.05) is 26.3 Å². The summed E-state index contributed by atoms with van der Waals surface area (Å²) in [6, 6.07) is 0. The Kier molecular flexibility index (Phi) is 5.99. The minimum atomic E-state index is -0.757. The van der Waals surface area contributed by atoms with Crippen LogP contribution in [-0.2, 0) is 19.1 Å². The number of esters is 1. The van der Waals surface area contributed by atoms with Gasteiger partial charge in [-0.1, -0.05) is 20.8 Å². The highest BCUT2D eigenvalue weighted by atomic mass is 16.5. The van der Waals surface area contributed by atoms with E-state index in [1.807, 2.05) is 27.7 Å². The zero-order valence-electron chi connectivity index (χ0n) is 13.3. The minimum absolute atomic E-state index is 0.00395. The van der Waals surface area contributed by atoms with Gasteiger partial charge in [-0.25, -0.2) is 0 Å². The van der Waals surface area contributed by atoms with Crippen LogP contribution in [0.2, 0.25) is 0 Å². The lowest BCUT2D eigenvalue weighted by molar-refractivity contribution is -0.160. The molecule has 1 aliphatic heterocycles. The van der Waals surface area contributed by atoms with Crippen LogP contribution in [0, 0.1) is 11.3 Å². The number of hydrogen-bond acceptors (Lipinski definition) is 4. The van der Waals surface area contributed by atoms with Gasteiger partial charge in [0.25, 0.3) is 0 Å². The lowest BCUT2D eigenvalue weighted by atomic mass is 9.79. The van der Waals surface area contributed by atoms with Crippen LogP contribution in [0.3, 0.4) is 0 Å². The van der Waals surface area contributed by atoms with E-state index >= 15 is 0 Å². The van der Waals surface area contributed by atoms with Crippen LogP contribution in [0.4, 0.5) is 0 Å². The van der Waals surface area contributed by atoms with Gasteiger partial charge in [0.2, 0.25) is 5.91 Å². The molecule has 1 aliphatic rings. The van der Waals surface area contributed by atoms with Gasteiger partial charge in [0.15, 0.2) is 0 Å². The van der Waals surface area contributed by atoms with E-state index in [1.165, 1.54) is 0 Å². The number of hydrogen-bond donors (Lipinski definition) is 0. The zero-order chi connectivity index (χ0) is 15.3. The van der Waals surface area contributed by atoms with Crippen molar-refractivity contribution >= 4 is 11.9 Å². The molecule has 2 unspecified atom stereocenters. The van der Waals surface area contributed by atoms with E-state index in [2.05, 4.69) is 0 Å². The standard InChI is InChI=1S/C15H27NO4/c1-6-19-14(18)12(15(3,4)5)13(17)16-8-7-9-20-11(2)10-16/h11-12H,6-10H2,1-5H3. The van der Waals surface area contributed by atoms with Crippen molar-refractivity contribution in [2.45, 2.75) is 47.1 Å². The summed E-state index contributed by atoms with van der Waals surface area (Å²) in [5, 5.41) is 0. The van der Waals surface area contributed by atoms with Gasteiger partial charge in [0.1, 0.15) is 5.92 Å². The maximum absolute atomic E-state index is 12.7. The van der Waals surface area contributed by atoms with Crippen LogP contribution < -0.4 is 0 Å². The number of amides is 1. The average molecular weight is 285 g/mol. The number of carbonyl (C=O) groups is 2. The molecule has 1 rings (SSSR count). The number of rotatable bonds is 3. The van der Waals surface area contributed by atoms with E-state index < -0.39 is 17.3 Å². The molecule has 5 heteroatoms. The summed E-state index contributed by atoms with van der Waals surface area (Å²) in [6.45, 7) is 11.5. The summed E-state index contributed by atoms with van der Waals surface area (Å²) in [7, 11) is 0. The summed E-state index contributed by atoms with van der Waals surface area (Å²) in [5.41, 5.74) is -0.459. The molecular weight excluding hydrogens is 258 g/mol. The first-order chi connectivity index (χ1) is 9.27. The Hall–Kier alpha value is -1.10. The normalized spacial score (nSPS) is 22.1. The second-order valence-electron chi connectivity index (χ2n) is 6.37. The molecule has 1 amide bonds. The van der Waals surface area contributed by atoms with E-state index in [9.17, 15) is 9.59 Å². The van der Waals surface area contributed by atoms with Crippen molar-refractivity contribution in [1.82, 2.24) is 4.90 Å². The minimum Gasteiger partial charge on any atom is -0.465 e. The largest absolute Gasteiger partial charge is 0.465 e. The van der Waals surface area contributed by atoms with Gasteiger partial charge >= 0.3 is 5.97 Å². The molecule has 1 fully saturated rings. The molecule has 1 heterocycles. The van der Waals surface area contributed by atoms with Gasteiger partial charge < -0.3 is 14.4 Å². The fourth-order valence-corrected chi connectivity index (χ4v) is 2.43. The predicted octanol–water partition coefficient (Wildman–Crippen LogP) is 1.85. The number of carbonyl (C=O) groups excluding carboxylic acids is 2. The fraction of sp³-hybridized carbons (Fsp3) is 0.867. The third-order valence-electron chi connectivity index (χ3n) is 3.40. The first kappa shape index (κ1) is 17.0. The third-order valence-corrected chi connectivity index (χ3v) is 3.40. The highest BCUT2D eigenvalue weighted by molar-refractivity contribution is 5.98. The Morgan fingerprint density at radius 3 is 2.60 bits per heavy atom. The molecule has 2 atom stereocenters. The van der Waals surface area contributed by atoms with Crippen LogP contribution >= 0.6 is 0 Å². The van der Waals surface area contributed by atoms with Crippen molar-refractivity contribution in [2.24, 2.45) is 11.3 Å². The van der Waals surface area contributed by atoms with Crippen molar-refractivity contribution in [1.29, 1.82) is 0 Å². The van der Waals surface area contributed by atoms with Crippen molar-refractivity contribution in [3.05, 3.63) is 0 Å². The van der Waals surface area contributed by atoms with Crippen molar-refractivity contribution < 1.29 is 19.1 Å². The van der Waals surface area contributed by atoms with Crippen LogP contribution in [0.5, 0.6) is 0 Å². The molecule has 0 aromatic carbocycles. The number of nitrogens with zero attached hydrogens (tertiary/aromatic N) is 1. The Bertz CT molecular complexity index is 348. The van der Waals surface area contributed by atoms with E-state index in [1.54, 1.807) is 11.8 Å². The topological polar surface area (TPSA) is 55.8 Å². The van der Waals surface area contributed by atoms with E-state index in [0.717, 1.165) is 6.42 Å². The van der Waals surface area contributed by atoms with Gasteiger partial charge in [0, 0.05) is 19.7 Å². The molecular formula is C15H27NO4. The van der Waals surface area contributed by atoms with E-state index in [0.29, 0.717) is 19.7 Å². The van der Waals surface area contributed by atoms with Gasteiger partial charge in [-0.2, -0.15) is 0 Å². The average Bonchev–Trinajstić information content (AvgIpc) is 2.52. The summed E-state index contributed by atoms with van der Waals surface area (Å²) < 4.78 is 10.6. The second-order valence-corrected chi connectivity index (χ2v) is 6.37. The van der Waals surface area contributed by atoms with Gasteiger partial charge in [0.05, 0.1) is 12.7 Å². The molecule has 1 saturated heterocycles. The summed E-state index contributed by atoms with van der Waals surface area (Å²) >= 11 is 0. The predicted molar refractivity (Wildman–Crippen MR) is 76.2 cm³/mol. The first-order valence-corrected chi connectivity index (χ1v) is 7.34. The number of ether oxygens (including phenoxy) is 2. The molecule has 0 radical (unpaired) electrons. The quantitative estimate of drug-likeness (QED) is 0.586. The Morgan fingerprint density at radius 1 is 1.40 bits per heavy atom. The molecule has 0 aromatic rings. The van der Waals surface area contributed by atoms with E-state index in [4.69, 9.17) is 9.47 Å². The molecule has 0 spiro atoms. The Balaban J connectivity index is 2.89. The molecule has 116 valence electrons. The van der Waals surface area contributed by atoms with Crippen molar-refractivity contribution in [3.8, 4) is 0 Å². The second kappa shape index (κ2) is 7.07. The van der Waals surface area contributed by atoms with E-state index in [-0.39, 0.29) is 18.6 Å². The van der Waals surface area contributed by atoms with Gasteiger partial charge in [-0.15, -0.1) is 0 Å². The zero-order valence-corrected chi connectivity index (χ0v) is 13.3. The SMILES string of the molecule is CCOC(=O)C(C(=O)N1CCCOC(C)C1)C(C)(C)C. The maximum Gasteiger partial charge on any atom is 0.319 e. The molecule has 20 heavy (non-hydrogen) atoms. The smallest absolute Gasteiger partial charge is 0.319 e. The van der Waals surface area contributed by atoms with Gasteiger partial charge in [-0.3, -0.25) is 9.59 Å². The third kappa shape index (κ3) is 4.47. The van der Waals surface area contributed by atoms with Crippen LogP contribution in [0.25, 0.3) is 0 Å². The Morgan fingerprint density at radius 2 is 2.05 bits per heavy atom.